The Morgan fingerprint density at radius 3 is 2.52 bits per heavy atom. The van der Waals surface area contributed by atoms with E-state index in [1.807, 2.05) is 36.1 Å². The molecule has 27 heavy (non-hydrogen) atoms. The highest BCUT2D eigenvalue weighted by molar-refractivity contribution is 6.07. The van der Waals surface area contributed by atoms with Crippen LogP contribution >= 0.6 is 0 Å². The Labute approximate surface area is 161 Å². The van der Waals surface area contributed by atoms with E-state index in [2.05, 4.69) is 18.7 Å². The highest BCUT2D eigenvalue weighted by Gasteiger charge is 2.65. The molecule has 1 fully saturated rings. The van der Waals surface area contributed by atoms with Gasteiger partial charge in [0.15, 0.2) is 0 Å². The van der Waals surface area contributed by atoms with Crippen LogP contribution in [0.4, 0.5) is 5.69 Å². The van der Waals surface area contributed by atoms with Crippen molar-refractivity contribution in [3.8, 4) is 0 Å². The smallest absolute Gasteiger partial charge is 0.242 e. The van der Waals surface area contributed by atoms with Gasteiger partial charge in [0, 0.05) is 31.2 Å². The molecule has 6 heteroatoms. The Balaban J connectivity index is 1.75. The van der Waals surface area contributed by atoms with E-state index in [0.717, 1.165) is 30.9 Å². The van der Waals surface area contributed by atoms with Gasteiger partial charge in [0.2, 0.25) is 11.8 Å². The molecule has 0 saturated heterocycles. The van der Waals surface area contributed by atoms with E-state index in [1.54, 1.807) is 4.90 Å². The van der Waals surface area contributed by atoms with Gasteiger partial charge in [0.05, 0.1) is 12.0 Å². The first-order valence-corrected chi connectivity index (χ1v) is 10.0. The predicted molar refractivity (Wildman–Crippen MR) is 106 cm³/mol. The summed E-state index contributed by atoms with van der Waals surface area (Å²) in [5.74, 6) is -0.0654. The fraction of sp³-hybridized carbons (Fsp3) is 0.619. The van der Waals surface area contributed by atoms with Gasteiger partial charge in [-0.05, 0) is 38.1 Å². The molecule has 0 bridgehead atoms. The molecule has 2 aliphatic rings. The molecular formula is C21H31N3O3. The normalized spacial score (nSPS) is 23.2. The molecule has 0 aromatic heterocycles. The van der Waals surface area contributed by atoms with Crippen LogP contribution in [-0.4, -0.2) is 72.6 Å². The van der Waals surface area contributed by atoms with Crippen LogP contribution in [0.5, 0.6) is 0 Å². The van der Waals surface area contributed by atoms with E-state index in [4.69, 9.17) is 0 Å². The van der Waals surface area contributed by atoms with Gasteiger partial charge in [-0.15, -0.1) is 0 Å². The molecule has 0 spiro atoms. The Morgan fingerprint density at radius 1 is 1.19 bits per heavy atom. The van der Waals surface area contributed by atoms with Crippen LogP contribution in [0.25, 0.3) is 0 Å². The molecule has 1 aliphatic carbocycles. The number of nitrogens with zero attached hydrogens (tertiary/aromatic N) is 3. The number of aliphatic hydroxyl groups is 1. The van der Waals surface area contributed by atoms with Crippen molar-refractivity contribution in [3.63, 3.8) is 0 Å². The zero-order chi connectivity index (χ0) is 19.6. The van der Waals surface area contributed by atoms with Crippen LogP contribution in [0.15, 0.2) is 24.3 Å². The maximum absolute atomic E-state index is 13.1. The summed E-state index contributed by atoms with van der Waals surface area (Å²) in [4.78, 5) is 31.7. The average molecular weight is 373 g/mol. The van der Waals surface area contributed by atoms with Gasteiger partial charge in [-0.1, -0.05) is 32.0 Å². The van der Waals surface area contributed by atoms with Gasteiger partial charge in [0.1, 0.15) is 6.54 Å². The van der Waals surface area contributed by atoms with Crippen molar-refractivity contribution in [3.05, 3.63) is 29.8 Å². The second kappa shape index (κ2) is 7.98. The van der Waals surface area contributed by atoms with Gasteiger partial charge in [-0.3, -0.25) is 9.59 Å². The van der Waals surface area contributed by atoms with E-state index in [0.29, 0.717) is 19.5 Å². The fourth-order valence-corrected chi connectivity index (χ4v) is 4.25. The summed E-state index contributed by atoms with van der Waals surface area (Å²) in [7, 11) is 0. The van der Waals surface area contributed by atoms with Crippen LogP contribution in [0, 0.1) is 5.41 Å². The molecule has 0 unspecified atom stereocenters. The molecule has 2 amide bonds. The summed E-state index contributed by atoms with van der Waals surface area (Å²) in [5, 5.41) is 9.85. The molecule has 1 saturated carbocycles. The number of para-hydroxylation sites is 1. The third kappa shape index (κ3) is 3.48. The number of carbonyl (C=O) groups is 2. The highest BCUT2D eigenvalue weighted by atomic mass is 16.3. The molecule has 3 rings (SSSR count). The van der Waals surface area contributed by atoms with Crippen molar-refractivity contribution in [2.24, 2.45) is 5.41 Å². The Kier molecular flexibility index (Phi) is 5.86. The topological polar surface area (TPSA) is 64.1 Å². The van der Waals surface area contributed by atoms with Crippen molar-refractivity contribution in [2.45, 2.75) is 33.1 Å². The summed E-state index contributed by atoms with van der Waals surface area (Å²) < 4.78 is 0. The lowest BCUT2D eigenvalue weighted by atomic mass is 9.92. The number of likely N-dealkylation sites (N-methyl/N-ethyl adjacent to an activating group) is 2. The van der Waals surface area contributed by atoms with Crippen molar-refractivity contribution >= 4 is 17.5 Å². The zero-order valence-corrected chi connectivity index (χ0v) is 16.6. The Hall–Kier alpha value is -1.92. The van der Waals surface area contributed by atoms with Crippen molar-refractivity contribution < 1.29 is 14.7 Å². The monoisotopic (exact) mass is 373 g/mol. The van der Waals surface area contributed by atoms with E-state index in [-0.39, 0.29) is 30.9 Å². The predicted octanol–water partition coefficient (Wildman–Crippen LogP) is 1.69. The van der Waals surface area contributed by atoms with E-state index >= 15 is 0 Å². The van der Waals surface area contributed by atoms with Gasteiger partial charge in [0.25, 0.3) is 0 Å². The maximum atomic E-state index is 13.1. The lowest BCUT2D eigenvalue weighted by Crippen LogP contribution is -2.49. The summed E-state index contributed by atoms with van der Waals surface area (Å²) in [5.41, 5.74) is 1.18. The number of carbonyl (C=O) groups excluding carboxylic acids is 2. The lowest BCUT2D eigenvalue weighted by Gasteiger charge is -2.34. The minimum absolute atomic E-state index is 0.0381. The SMILES string of the molecule is CCN(CC)CCN(CC)C(=O)CN1C(=O)[C@@]2(CO)C[C@H]2c2ccccc21. The molecule has 1 N–H and O–H groups in total. The Bertz CT molecular complexity index is 704. The lowest BCUT2D eigenvalue weighted by molar-refractivity contribution is -0.133. The highest BCUT2D eigenvalue weighted by Crippen LogP contribution is 2.64. The zero-order valence-electron chi connectivity index (χ0n) is 16.6. The maximum Gasteiger partial charge on any atom is 0.242 e. The van der Waals surface area contributed by atoms with E-state index in [1.165, 1.54) is 0 Å². The second-order valence-electron chi connectivity index (χ2n) is 7.52. The first-order valence-electron chi connectivity index (χ1n) is 10.0. The van der Waals surface area contributed by atoms with Gasteiger partial charge >= 0.3 is 0 Å². The number of benzene rings is 1. The van der Waals surface area contributed by atoms with Crippen LogP contribution in [0.1, 0.15) is 38.7 Å². The quantitative estimate of drug-likeness (QED) is 0.715. The van der Waals surface area contributed by atoms with E-state index < -0.39 is 5.41 Å². The summed E-state index contributed by atoms with van der Waals surface area (Å²) in [6.45, 7) is 10.1. The van der Waals surface area contributed by atoms with E-state index in [9.17, 15) is 14.7 Å². The molecule has 2 atom stereocenters. The number of anilines is 1. The third-order valence-corrected chi connectivity index (χ3v) is 6.24. The molecule has 1 aromatic carbocycles. The summed E-state index contributed by atoms with van der Waals surface area (Å²) in [6.07, 6.45) is 0.670. The van der Waals surface area contributed by atoms with Crippen molar-refractivity contribution in [2.75, 3.05) is 50.8 Å². The third-order valence-electron chi connectivity index (χ3n) is 6.24. The Morgan fingerprint density at radius 2 is 1.89 bits per heavy atom. The van der Waals surface area contributed by atoms with Gasteiger partial charge < -0.3 is 19.8 Å². The second-order valence-corrected chi connectivity index (χ2v) is 7.52. The number of hydrogen-bond donors (Lipinski definition) is 1. The summed E-state index contributed by atoms with van der Waals surface area (Å²) in [6, 6.07) is 7.78. The van der Waals surface area contributed by atoms with Crippen LogP contribution in [-0.2, 0) is 9.59 Å². The first kappa shape index (κ1) is 19.8. The number of hydrogen-bond acceptors (Lipinski definition) is 4. The molecule has 1 heterocycles. The van der Waals surface area contributed by atoms with Crippen molar-refractivity contribution in [1.82, 2.24) is 9.80 Å². The van der Waals surface area contributed by atoms with Crippen molar-refractivity contribution in [1.29, 1.82) is 0 Å². The summed E-state index contributed by atoms with van der Waals surface area (Å²) >= 11 is 0. The fourth-order valence-electron chi connectivity index (χ4n) is 4.25. The molecule has 1 aromatic rings. The number of rotatable bonds is 9. The standard InChI is InChI=1S/C21H31N3O3/c1-4-22(5-2)11-12-23(6-3)19(26)14-24-18-10-8-7-9-16(18)17-13-21(17,15-25)20(24)27/h7-10,17,25H,4-6,11-15H2,1-3H3/t17-,21+/m0/s1. The first-order chi connectivity index (χ1) is 13.0. The molecule has 6 nitrogen and oxygen atoms in total. The largest absolute Gasteiger partial charge is 0.395 e. The minimum atomic E-state index is -0.715. The molecular weight excluding hydrogens is 342 g/mol. The molecule has 0 radical (unpaired) electrons. The van der Waals surface area contributed by atoms with Gasteiger partial charge in [-0.25, -0.2) is 0 Å². The van der Waals surface area contributed by atoms with Crippen LogP contribution < -0.4 is 4.90 Å². The van der Waals surface area contributed by atoms with Crippen LogP contribution in [0.3, 0.4) is 0 Å². The number of amides is 2. The van der Waals surface area contributed by atoms with Crippen LogP contribution in [0.2, 0.25) is 0 Å². The number of fused-ring (bicyclic) bond motifs is 3. The van der Waals surface area contributed by atoms with Gasteiger partial charge in [-0.2, -0.15) is 0 Å². The molecule has 148 valence electrons. The average Bonchev–Trinajstić information content (AvgIpc) is 3.45. The number of aliphatic hydroxyl groups excluding tert-OH is 1. The molecule has 1 aliphatic heterocycles. The minimum Gasteiger partial charge on any atom is -0.395 e.